The second kappa shape index (κ2) is 8.12. The minimum absolute atomic E-state index is 0. The number of allylic oxidation sites excluding steroid dienone is 4. The van der Waals surface area contributed by atoms with Crippen LogP contribution in [0.25, 0.3) is 0 Å². The Morgan fingerprint density at radius 1 is 1.31 bits per heavy atom. The molecule has 0 aromatic rings. The third kappa shape index (κ3) is 2.97. The van der Waals surface area contributed by atoms with Gasteiger partial charge in [0.25, 0.3) is 0 Å². The number of esters is 1. The Kier molecular flexibility index (Phi) is 6.54. The summed E-state index contributed by atoms with van der Waals surface area (Å²) in [6.45, 7) is 5.74. The number of carbonyl (C=O) groups excluding carboxylic acids is 3. The Morgan fingerprint density at radius 3 is 2.56 bits per heavy atom. The Hall–Kier alpha value is -0.860. The van der Waals surface area contributed by atoms with Gasteiger partial charge in [-0.05, 0) is 50.7 Å². The van der Waals surface area contributed by atoms with Gasteiger partial charge in [0.05, 0.1) is 6.10 Å². The van der Waals surface area contributed by atoms with Gasteiger partial charge in [0.1, 0.15) is 6.61 Å². The fraction of sp³-hybridized carbons (Fsp3) is 0.708. The first-order valence-corrected chi connectivity index (χ1v) is 11.0. The molecule has 0 spiro atoms. The van der Waals surface area contributed by atoms with Crippen molar-refractivity contribution in [3.8, 4) is 0 Å². The summed E-state index contributed by atoms with van der Waals surface area (Å²) in [5.41, 5.74) is -5.10. The average molecular weight is 459 g/mol. The van der Waals surface area contributed by atoms with Crippen LogP contribution in [-0.2, 0) is 19.1 Å². The van der Waals surface area contributed by atoms with Crippen molar-refractivity contribution in [3.05, 3.63) is 23.8 Å². The third-order valence-electron chi connectivity index (χ3n) is 9.04. The van der Waals surface area contributed by atoms with Crippen LogP contribution in [0.4, 0.5) is 4.39 Å². The van der Waals surface area contributed by atoms with E-state index in [4.69, 9.17) is 4.74 Å². The number of Topliss-reactive ketones (excluding diaryl/α,β-unsaturated/α-hetero) is 1. The standard InChI is InChI=1S/C24H31FO6.Na.H/c1-13-9-18-17-6-5-15-10-16(28)7-8-21(15,3)23(17,25)19(29)11-22(18,4)24(13,20(30)12-26)31-14(2)27;;/h7-8,10,13,17-19,26,29H,5-6,9,11-12H2,1-4H3;;/q;+1;-1/t13-,17-,18-,19-,21-,22-,23-,24-;;/m0../s1. The van der Waals surface area contributed by atoms with Crippen molar-refractivity contribution in [2.45, 2.75) is 70.8 Å². The minimum atomic E-state index is -2.02. The second-order valence-corrected chi connectivity index (χ2v) is 10.3. The summed E-state index contributed by atoms with van der Waals surface area (Å²) in [6.07, 6.45) is 4.29. The maximum atomic E-state index is 17.1. The number of hydrogen-bond donors (Lipinski definition) is 2. The molecule has 0 aromatic carbocycles. The van der Waals surface area contributed by atoms with E-state index in [1.165, 1.54) is 19.1 Å². The summed E-state index contributed by atoms with van der Waals surface area (Å²) in [6, 6.07) is 0. The maximum absolute atomic E-state index is 17.1. The number of aliphatic hydroxyl groups excluding tert-OH is 2. The van der Waals surface area contributed by atoms with Crippen LogP contribution in [0.3, 0.4) is 0 Å². The molecule has 4 aliphatic rings. The minimum Gasteiger partial charge on any atom is -1.00 e. The topological polar surface area (TPSA) is 101 Å². The number of ketones is 2. The fourth-order valence-electron chi connectivity index (χ4n) is 7.74. The van der Waals surface area contributed by atoms with Crippen molar-refractivity contribution in [1.82, 2.24) is 0 Å². The molecule has 4 aliphatic carbocycles. The van der Waals surface area contributed by atoms with Gasteiger partial charge in [-0.25, -0.2) is 4.39 Å². The van der Waals surface area contributed by atoms with E-state index in [1.807, 2.05) is 0 Å². The second-order valence-electron chi connectivity index (χ2n) is 10.3. The molecule has 3 saturated carbocycles. The first-order chi connectivity index (χ1) is 14.4. The maximum Gasteiger partial charge on any atom is 1.00 e. The van der Waals surface area contributed by atoms with Gasteiger partial charge in [-0.2, -0.15) is 0 Å². The Labute approximate surface area is 211 Å². The number of halogens is 1. The molecule has 2 N–H and O–H groups in total. The van der Waals surface area contributed by atoms with Crippen molar-refractivity contribution in [3.63, 3.8) is 0 Å². The SMILES string of the molecule is CC(=O)O[C@]1(C(=O)CO)[C@@H](C)C[C@H]2[C@@H]3CCC4=CC(=O)C=C[C@]4(C)[C@@]3(F)[C@@H](O)C[C@@]21C.[H-].[Na+]. The first kappa shape index (κ1) is 25.8. The Morgan fingerprint density at radius 2 is 1.97 bits per heavy atom. The molecule has 0 saturated heterocycles. The number of alkyl halides is 1. The summed E-state index contributed by atoms with van der Waals surface area (Å²) in [5, 5.41) is 21.1. The number of fused-ring (bicyclic) bond motifs is 5. The molecule has 0 unspecified atom stereocenters. The fourth-order valence-corrected chi connectivity index (χ4v) is 7.74. The molecule has 8 heteroatoms. The van der Waals surface area contributed by atoms with Crippen molar-refractivity contribution >= 4 is 17.5 Å². The zero-order valence-electron chi connectivity index (χ0n) is 20.5. The average Bonchev–Trinajstić information content (AvgIpc) is 2.90. The molecule has 0 heterocycles. The smallest absolute Gasteiger partial charge is 1.00 e. The zero-order chi connectivity index (χ0) is 23.0. The number of aliphatic hydroxyl groups is 2. The van der Waals surface area contributed by atoms with Gasteiger partial charge < -0.3 is 16.4 Å². The normalized spacial score (nSPS) is 46.8. The van der Waals surface area contributed by atoms with Crippen LogP contribution in [0, 0.1) is 28.6 Å². The van der Waals surface area contributed by atoms with Crippen LogP contribution >= 0.6 is 0 Å². The predicted molar refractivity (Wildman–Crippen MR) is 111 cm³/mol. The van der Waals surface area contributed by atoms with Crippen LogP contribution < -0.4 is 29.6 Å². The van der Waals surface area contributed by atoms with E-state index in [0.29, 0.717) is 24.8 Å². The van der Waals surface area contributed by atoms with Crippen LogP contribution in [0.2, 0.25) is 0 Å². The van der Waals surface area contributed by atoms with Crippen molar-refractivity contribution in [1.29, 1.82) is 0 Å². The summed E-state index contributed by atoms with van der Waals surface area (Å²) >= 11 is 0. The quantitative estimate of drug-likeness (QED) is 0.440. The van der Waals surface area contributed by atoms with Crippen LogP contribution in [0.1, 0.15) is 54.8 Å². The zero-order valence-corrected chi connectivity index (χ0v) is 21.5. The molecule has 32 heavy (non-hydrogen) atoms. The van der Waals surface area contributed by atoms with Gasteiger partial charge in [-0.15, -0.1) is 0 Å². The van der Waals surface area contributed by atoms with E-state index in [2.05, 4.69) is 0 Å². The molecular formula is C24H32FNaO6. The van der Waals surface area contributed by atoms with Gasteiger partial charge in [-0.3, -0.25) is 14.4 Å². The Bertz CT molecular complexity index is 923. The van der Waals surface area contributed by atoms with Crippen molar-refractivity contribution in [2.75, 3.05) is 6.61 Å². The van der Waals surface area contributed by atoms with Crippen LogP contribution in [0.5, 0.6) is 0 Å². The molecule has 8 atom stereocenters. The van der Waals surface area contributed by atoms with E-state index in [-0.39, 0.29) is 49.1 Å². The van der Waals surface area contributed by atoms with Gasteiger partial charge in [0.15, 0.2) is 17.1 Å². The van der Waals surface area contributed by atoms with Gasteiger partial charge in [0.2, 0.25) is 5.78 Å². The first-order valence-electron chi connectivity index (χ1n) is 11.0. The van der Waals surface area contributed by atoms with E-state index in [0.717, 1.165) is 0 Å². The summed E-state index contributed by atoms with van der Waals surface area (Å²) < 4.78 is 22.8. The molecule has 0 amide bonds. The van der Waals surface area contributed by atoms with Gasteiger partial charge in [-0.1, -0.05) is 25.5 Å². The molecule has 0 aromatic heterocycles. The molecule has 4 rings (SSSR count). The number of hydrogen-bond acceptors (Lipinski definition) is 6. The van der Waals surface area contributed by atoms with E-state index in [9.17, 15) is 24.6 Å². The van der Waals surface area contributed by atoms with Gasteiger partial charge in [0, 0.05) is 29.6 Å². The summed E-state index contributed by atoms with van der Waals surface area (Å²) in [7, 11) is 0. The molecule has 3 fully saturated rings. The predicted octanol–water partition coefficient (Wildman–Crippen LogP) is -0.417. The largest absolute Gasteiger partial charge is 1.00 e. The summed E-state index contributed by atoms with van der Waals surface area (Å²) in [4.78, 5) is 37.0. The third-order valence-corrected chi connectivity index (χ3v) is 9.04. The molecule has 0 radical (unpaired) electrons. The molecule has 6 nitrogen and oxygen atoms in total. The monoisotopic (exact) mass is 458 g/mol. The number of rotatable bonds is 3. The van der Waals surface area contributed by atoms with Crippen molar-refractivity contribution in [2.24, 2.45) is 28.6 Å². The Balaban J connectivity index is 0.00000193. The number of ether oxygens (including phenoxy) is 1. The molecule has 172 valence electrons. The van der Waals surface area contributed by atoms with Gasteiger partial charge >= 0.3 is 35.5 Å². The number of carbonyl (C=O) groups is 3. The van der Waals surface area contributed by atoms with E-state index >= 15 is 4.39 Å². The molecule has 0 bridgehead atoms. The molecular weight excluding hydrogens is 426 g/mol. The van der Waals surface area contributed by atoms with Crippen molar-refractivity contribution < 1.29 is 64.7 Å². The van der Waals surface area contributed by atoms with E-state index < -0.39 is 58.4 Å². The molecule has 0 aliphatic heterocycles. The summed E-state index contributed by atoms with van der Waals surface area (Å²) in [5.74, 6) is -2.79. The van der Waals surface area contributed by atoms with Crippen LogP contribution in [-0.4, -0.2) is 51.7 Å². The van der Waals surface area contributed by atoms with Crippen LogP contribution in [0.15, 0.2) is 23.8 Å². The van der Waals surface area contributed by atoms with E-state index in [1.54, 1.807) is 26.8 Å².